The van der Waals surface area contributed by atoms with Crippen LogP contribution in [0.25, 0.3) is 16.9 Å². The van der Waals surface area contributed by atoms with E-state index in [9.17, 15) is 0 Å². The van der Waals surface area contributed by atoms with E-state index in [1.807, 2.05) is 71.4 Å². The van der Waals surface area contributed by atoms with Crippen molar-refractivity contribution in [1.29, 1.82) is 0 Å². The van der Waals surface area contributed by atoms with Gasteiger partial charge in [0.1, 0.15) is 28.6 Å². The third kappa shape index (κ3) is 3.87. The SMILES string of the molecule is COc1ccc(OC)c(N=Nc2cnn(-c3ccccc3)c2-c2ccccc2)c1. The van der Waals surface area contributed by atoms with Crippen LogP contribution in [0.15, 0.2) is 95.3 Å². The van der Waals surface area contributed by atoms with Crippen molar-refractivity contribution in [3.05, 3.63) is 85.1 Å². The molecule has 6 heteroatoms. The lowest BCUT2D eigenvalue weighted by Crippen LogP contribution is -1.98. The number of benzene rings is 3. The summed E-state index contributed by atoms with van der Waals surface area (Å²) in [5.74, 6) is 1.30. The topological polar surface area (TPSA) is 61.0 Å². The van der Waals surface area contributed by atoms with Crippen molar-refractivity contribution in [2.45, 2.75) is 0 Å². The summed E-state index contributed by atoms with van der Waals surface area (Å²) < 4.78 is 12.5. The van der Waals surface area contributed by atoms with E-state index in [1.165, 1.54) is 0 Å². The second-order valence-electron chi connectivity index (χ2n) is 6.23. The molecule has 1 heterocycles. The van der Waals surface area contributed by atoms with Crippen LogP contribution < -0.4 is 9.47 Å². The van der Waals surface area contributed by atoms with Crippen LogP contribution in [0.5, 0.6) is 11.5 Å². The van der Waals surface area contributed by atoms with Crippen molar-refractivity contribution in [2.24, 2.45) is 10.2 Å². The van der Waals surface area contributed by atoms with Crippen molar-refractivity contribution in [1.82, 2.24) is 9.78 Å². The highest BCUT2D eigenvalue weighted by molar-refractivity contribution is 5.74. The van der Waals surface area contributed by atoms with Crippen LogP contribution >= 0.6 is 0 Å². The molecule has 4 aromatic rings. The van der Waals surface area contributed by atoms with Gasteiger partial charge in [-0.1, -0.05) is 48.5 Å². The third-order valence-corrected chi connectivity index (χ3v) is 4.45. The first-order chi connectivity index (χ1) is 14.3. The minimum Gasteiger partial charge on any atom is -0.497 e. The predicted octanol–water partition coefficient (Wildman–Crippen LogP) is 5.97. The molecule has 4 rings (SSSR count). The van der Waals surface area contributed by atoms with Crippen LogP contribution in [0.2, 0.25) is 0 Å². The maximum atomic E-state index is 5.39. The van der Waals surface area contributed by atoms with E-state index in [-0.39, 0.29) is 0 Å². The molecule has 29 heavy (non-hydrogen) atoms. The first-order valence-corrected chi connectivity index (χ1v) is 9.13. The second-order valence-corrected chi connectivity index (χ2v) is 6.23. The maximum absolute atomic E-state index is 5.39. The standard InChI is InChI=1S/C23H20N4O2/c1-28-19-13-14-22(29-2)20(15-19)25-26-21-16-24-27(18-11-7-4-8-12-18)23(21)17-9-5-3-6-10-17/h3-16H,1-2H3. The minimum atomic E-state index is 0.582. The molecule has 0 aliphatic carbocycles. The van der Waals surface area contributed by atoms with Gasteiger partial charge in [0.2, 0.25) is 0 Å². The molecule has 144 valence electrons. The van der Waals surface area contributed by atoms with Crippen LogP contribution in [0, 0.1) is 0 Å². The van der Waals surface area contributed by atoms with E-state index in [0.717, 1.165) is 16.9 Å². The number of aromatic nitrogens is 2. The summed E-state index contributed by atoms with van der Waals surface area (Å²) in [5, 5.41) is 13.5. The van der Waals surface area contributed by atoms with Gasteiger partial charge in [-0.05, 0) is 24.3 Å². The summed E-state index contributed by atoms with van der Waals surface area (Å²) in [6.07, 6.45) is 1.71. The smallest absolute Gasteiger partial charge is 0.146 e. The van der Waals surface area contributed by atoms with Gasteiger partial charge in [-0.3, -0.25) is 0 Å². The Morgan fingerprint density at radius 2 is 1.45 bits per heavy atom. The summed E-state index contributed by atoms with van der Waals surface area (Å²) in [6, 6.07) is 25.4. The van der Waals surface area contributed by atoms with Crippen molar-refractivity contribution >= 4 is 11.4 Å². The van der Waals surface area contributed by atoms with Crippen molar-refractivity contribution in [3.8, 4) is 28.4 Å². The number of hydrogen-bond donors (Lipinski definition) is 0. The van der Waals surface area contributed by atoms with Crippen molar-refractivity contribution in [2.75, 3.05) is 14.2 Å². The van der Waals surface area contributed by atoms with E-state index in [1.54, 1.807) is 32.5 Å². The van der Waals surface area contributed by atoms with Gasteiger partial charge in [0.05, 0.1) is 26.1 Å². The van der Waals surface area contributed by atoms with Crippen molar-refractivity contribution < 1.29 is 9.47 Å². The molecular formula is C23H20N4O2. The molecule has 0 aliphatic heterocycles. The number of hydrogen-bond acceptors (Lipinski definition) is 5. The molecule has 0 amide bonds. The zero-order chi connectivity index (χ0) is 20.1. The largest absolute Gasteiger partial charge is 0.497 e. The summed E-state index contributed by atoms with van der Waals surface area (Å²) >= 11 is 0. The van der Waals surface area contributed by atoms with Crippen LogP contribution in [0.3, 0.4) is 0 Å². The fourth-order valence-corrected chi connectivity index (χ4v) is 3.03. The highest BCUT2D eigenvalue weighted by atomic mass is 16.5. The molecule has 0 spiro atoms. The Morgan fingerprint density at radius 3 is 2.14 bits per heavy atom. The van der Waals surface area contributed by atoms with Crippen LogP contribution in [-0.2, 0) is 0 Å². The molecule has 3 aromatic carbocycles. The molecule has 6 nitrogen and oxygen atoms in total. The van der Waals surface area contributed by atoms with Gasteiger partial charge in [0.25, 0.3) is 0 Å². The fourth-order valence-electron chi connectivity index (χ4n) is 3.03. The number of azo groups is 1. The van der Waals surface area contributed by atoms with Gasteiger partial charge in [0, 0.05) is 11.6 Å². The van der Waals surface area contributed by atoms with Gasteiger partial charge in [0.15, 0.2) is 0 Å². The van der Waals surface area contributed by atoms with Crippen LogP contribution in [0.4, 0.5) is 11.4 Å². The Morgan fingerprint density at radius 1 is 0.759 bits per heavy atom. The molecule has 0 N–H and O–H groups in total. The van der Waals surface area contributed by atoms with Gasteiger partial charge in [-0.15, -0.1) is 10.2 Å². The molecule has 0 saturated heterocycles. The minimum absolute atomic E-state index is 0.582. The Labute approximate surface area is 169 Å². The summed E-state index contributed by atoms with van der Waals surface area (Å²) in [7, 11) is 3.21. The molecule has 0 unspecified atom stereocenters. The summed E-state index contributed by atoms with van der Waals surface area (Å²) in [5.41, 5.74) is 4.05. The monoisotopic (exact) mass is 384 g/mol. The molecule has 0 fully saturated rings. The lowest BCUT2D eigenvalue weighted by Gasteiger charge is -2.08. The first-order valence-electron chi connectivity index (χ1n) is 9.13. The average molecular weight is 384 g/mol. The molecule has 0 radical (unpaired) electrons. The number of ether oxygens (including phenoxy) is 2. The number of methoxy groups -OCH3 is 2. The molecule has 0 atom stereocenters. The third-order valence-electron chi connectivity index (χ3n) is 4.45. The highest BCUT2D eigenvalue weighted by Gasteiger charge is 2.14. The Balaban J connectivity index is 1.81. The maximum Gasteiger partial charge on any atom is 0.146 e. The predicted molar refractivity (Wildman–Crippen MR) is 113 cm³/mol. The fraction of sp³-hybridized carbons (Fsp3) is 0.0870. The van der Waals surface area contributed by atoms with E-state index < -0.39 is 0 Å². The summed E-state index contributed by atoms with van der Waals surface area (Å²) in [4.78, 5) is 0. The molecule has 0 aliphatic rings. The normalized spacial score (nSPS) is 11.0. The van der Waals surface area contributed by atoms with E-state index in [4.69, 9.17) is 9.47 Å². The Kier molecular flexibility index (Phi) is 5.33. The average Bonchev–Trinajstić information content (AvgIpc) is 3.22. The first kappa shape index (κ1) is 18.4. The van der Waals surface area contributed by atoms with Crippen LogP contribution in [-0.4, -0.2) is 24.0 Å². The van der Waals surface area contributed by atoms with Gasteiger partial charge in [-0.2, -0.15) is 5.10 Å². The van der Waals surface area contributed by atoms with Gasteiger partial charge < -0.3 is 9.47 Å². The zero-order valence-corrected chi connectivity index (χ0v) is 16.2. The lowest BCUT2D eigenvalue weighted by atomic mass is 10.1. The van der Waals surface area contributed by atoms with Crippen molar-refractivity contribution in [3.63, 3.8) is 0 Å². The number of nitrogens with zero attached hydrogens (tertiary/aromatic N) is 4. The summed E-state index contributed by atoms with van der Waals surface area (Å²) in [6.45, 7) is 0. The van der Waals surface area contributed by atoms with E-state index >= 15 is 0 Å². The van der Waals surface area contributed by atoms with Gasteiger partial charge in [-0.25, -0.2) is 4.68 Å². The number of para-hydroxylation sites is 1. The van der Waals surface area contributed by atoms with E-state index in [2.05, 4.69) is 15.3 Å². The number of rotatable bonds is 6. The zero-order valence-electron chi connectivity index (χ0n) is 16.2. The quantitative estimate of drug-likeness (QED) is 0.385. The second kappa shape index (κ2) is 8.39. The Hall–Kier alpha value is -3.93. The molecule has 0 saturated carbocycles. The molecule has 1 aromatic heterocycles. The van der Waals surface area contributed by atoms with Gasteiger partial charge >= 0.3 is 0 Å². The molecule has 0 bridgehead atoms. The molecular weight excluding hydrogens is 364 g/mol. The van der Waals surface area contributed by atoms with E-state index in [0.29, 0.717) is 22.9 Å². The Bertz CT molecular complexity index is 1120. The lowest BCUT2D eigenvalue weighted by molar-refractivity contribution is 0.404. The van der Waals surface area contributed by atoms with Crippen LogP contribution in [0.1, 0.15) is 0 Å². The highest BCUT2D eigenvalue weighted by Crippen LogP contribution is 2.36.